The molecule has 4 nitrogen and oxygen atoms in total. The van der Waals surface area contributed by atoms with Gasteiger partial charge in [0, 0.05) is 13.5 Å². The first-order valence-corrected chi connectivity index (χ1v) is 6.51. The zero-order valence-corrected chi connectivity index (χ0v) is 11.9. The molecule has 0 radical (unpaired) electrons. The first-order chi connectivity index (χ1) is 8.90. The number of hydrogen-bond acceptors (Lipinski definition) is 3. The van der Waals surface area contributed by atoms with Gasteiger partial charge in [0.15, 0.2) is 0 Å². The van der Waals surface area contributed by atoms with Crippen molar-refractivity contribution in [3.05, 3.63) is 35.4 Å². The van der Waals surface area contributed by atoms with Crippen molar-refractivity contribution >= 4 is 6.09 Å². The summed E-state index contributed by atoms with van der Waals surface area (Å²) in [5, 5.41) is 2.91. The number of fused-ring (bicyclic) bond motifs is 1. The van der Waals surface area contributed by atoms with Gasteiger partial charge in [-0.05, 0) is 31.9 Å². The van der Waals surface area contributed by atoms with E-state index >= 15 is 0 Å². The van der Waals surface area contributed by atoms with Crippen molar-refractivity contribution in [1.82, 2.24) is 5.32 Å². The Morgan fingerprint density at radius 2 is 2.00 bits per heavy atom. The van der Waals surface area contributed by atoms with Crippen LogP contribution in [-0.4, -0.2) is 24.9 Å². The molecule has 1 amide bonds. The molecule has 0 spiro atoms. The third-order valence-corrected chi connectivity index (χ3v) is 3.16. The van der Waals surface area contributed by atoms with Crippen LogP contribution in [0, 0.1) is 0 Å². The molecule has 104 valence electrons. The normalized spacial score (nSPS) is 21.9. The van der Waals surface area contributed by atoms with Crippen molar-refractivity contribution in [1.29, 1.82) is 0 Å². The lowest BCUT2D eigenvalue weighted by Crippen LogP contribution is -2.38. The summed E-state index contributed by atoms with van der Waals surface area (Å²) < 4.78 is 10.8. The SMILES string of the molecule is CO[C@H]1Cc2ccccc2[C@@H]1NC(=O)OC(C)(C)C. The molecule has 0 saturated carbocycles. The van der Waals surface area contributed by atoms with Gasteiger partial charge in [-0.1, -0.05) is 24.3 Å². The smallest absolute Gasteiger partial charge is 0.408 e. The highest BCUT2D eigenvalue weighted by atomic mass is 16.6. The van der Waals surface area contributed by atoms with Crippen LogP contribution >= 0.6 is 0 Å². The molecule has 0 unspecified atom stereocenters. The monoisotopic (exact) mass is 263 g/mol. The fraction of sp³-hybridized carbons (Fsp3) is 0.533. The highest BCUT2D eigenvalue weighted by Gasteiger charge is 2.34. The Bertz CT molecular complexity index is 465. The van der Waals surface area contributed by atoms with Gasteiger partial charge in [-0.3, -0.25) is 0 Å². The van der Waals surface area contributed by atoms with Gasteiger partial charge in [0.05, 0.1) is 12.1 Å². The molecule has 0 bridgehead atoms. The van der Waals surface area contributed by atoms with Gasteiger partial charge in [0.2, 0.25) is 0 Å². The number of alkyl carbamates (subject to hydrolysis) is 1. The van der Waals surface area contributed by atoms with Crippen LogP contribution in [0.1, 0.15) is 37.9 Å². The number of carbonyl (C=O) groups excluding carboxylic acids is 1. The van der Waals surface area contributed by atoms with Crippen LogP contribution in [0.15, 0.2) is 24.3 Å². The molecule has 2 rings (SSSR count). The standard InChI is InChI=1S/C15H21NO3/c1-15(2,3)19-14(17)16-13-11-8-6-5-7-10(11)9-12(13)18-4/h5-8,12-13H,9H2,1-4H3,(H,16,17)/t12-,13-/m0/s1. The Morgan fingerprint density at radius 1 is 1.32 bits per heavy atom. The quantitative estimate of drug-likeness (QED) is 0.892. The lowest BCUT2D eigenvalue weighted by atomic mass is 10.1. The summed E-state index contributed by atoms with van der Waals surface area (Å²) in [6.07, 6.45) is 0.369. The third-order valence-electron chi connectivity index (χ3n) is 3.16. The van der Waals surface area contributed by atoms with Crippen molar-refractivity contribution in [2.75, 3.05) is 7.11 Å². The summed E-state index contributed by atoms with van der Waals surface area (Å²) >= 11 is 0. The number of methoxy groups -OCH3 is 1. The predicted molar refractivity (Wildman–Crippen MR) is 73.1 cm³/mol. The van der Waals surface area contributed by atoms with Gasteiger partial charge in [-0.2, -0.15) is 0 Å². The second-order valence-corrected chi connectivity index (χ2v) is 5.80. The summed E-state index contributed by atoms with van der Waals surface area (Å²) in [5.74, 6) is 0. The molecule has 1 aromatic carbocycles. The van der Waals surface area contributed by atoms with Gasteiger partial charge in [0.25, 0.3) is 0 Å². The Labute approximate surface area is 114 Å². The van der Waals surface area contributed by atoms with Crippen LogP contribution in [0.5, 0.6) is 0 Å². The molecule has 0 heterocycles. The fourth-order valence-electron chi connectivity index (χ4n) is 2.38. The summed E-state index contributed by atoms with van der Waals surface area (Å²) in [4.78, 5) is 11.9. The fourth-order valence-corrected chi connectivity index (χ4v) is 2.38. The average Bonchev–Trinajstić information content (AvgIpc) is 2.65. The Balaban J connectivity index is 2.12. The van der Waals surface area contributed by atoms with E-state index in [9.17, 15) is 4.79 Å². The average molecular weight is 263 g/mol. The second kappa shape index (κ2) is 5.21. The molecule has 0 saturated heterocycles. The molecule has 1 aliphatic rings. The molecule has 1 aliphatic carbocycles. The van der Waals surface area contributed by atoms with Gasteiger partial charge >= 0.3 is 6.09 Å². The van der Waals surface area contributed by atoms with Gasteiger partial charge in [-0.25, -0.2) is 4.79 Å². The van der Waals surface area contributed by atoms with E-state index in [0.29, 0.717) is 0 Å². The van der Waals surface area contributed by atoms with E-state index in [0.717, 1.165) is 12.0 Å². The molecular weight excluding hydrogens is 242 g/mol. The van der Waals surface area contributed by atoms with Crippen LogP contribution < -0.4 is 5.32 Å². The number of hydrogen-bond donors (Lipinski definition) is 1. The maximum atomic E-state index is 11.9. The van der Waals surface area contributed by atoms with E-state index in [2.05, 4.69) is 11.4 Å². The molecule has 2 atom stereocenters. The summed E-state index contributed by atoms with van der Waals surface area (Å²) in [6, 6.07) is 7.92. The first-order valence-electron chi connectivity index (χ1n) is 6.51. The predicted octanol–water partition coefficient (Wildman–Crippen LogP) is 2.82. The van der Waals surface area contributed by atoms with Crippen LogP contribution in [-0.2, 0) is 15.9 Å². The molecule has 1 aromatic rings. The molecule has 0 aromatic heterocycles. The lowest BCUT2D eigenvalue weighted by Gasteiger charge is -2.24. The lowest BCUT2D eigenvalue weighted by molar-refractivity contribution is 0.0368. The van der Waals surface area contributed by atoms with E-state index in [4.69, 9.17) is 9.47 Å². The summed E-state index contributed by atoms with van der Waals surface area (Å²) in [6.45, 7) is 5.55. The maximum Gasteiger partial charge on any atom is 0.408 e. The number of benzene rings is 1. The molecule has 1 N–H and O–H groups in total. The third kappa shape index (κ3) is 3.26. The van der Waals surface area contributed by atoms with E-state index in [1.54, 1.807) is 7.11 Å². The number of rotatable bonds is 2. The summed E-state index contributed by atoms with van der Waals surface area (Å²) in [5.41, 5.74) is 1.83. The number of ether oxygens (including phenoxy) is 2. The van der Waals surface area contributed by atoms with Crippen molar-refractivity contribution in [2.45, 2.75) is 44.9 Å². The Morgan fingerprint density at radius 3 is 2.63 bits per heavy atom. The van der Waals surface area contributed by atoms with Gasteiger partial charge < -0.3 is 14.8 Å². The largest absolute Gasteiger partial charge is 0.444 e. The highest BCUT2D eigenvalue weighted by molar-refractivity contribution is 5.69. The Kier molecular flexibility index (Phi) is 3.80. The minimum atomic E-state index is -0.495. The first kappa shape index (κ1) is 13.9. The van der Waals surface area contributed by atoms with Crippen molar-refractivity contribution in [3.63, 3.8) is 0 Å². The molecule has 0 fully saturated rings. The van der Waals surface area contributed by atoms with E-state index < -0.39 is 11.7 Å². The number of carbonyl (C=O) groups is 1. The van der Waals surface area contributed by atoms with E-state index in [-0.39, 0.29) is 12.1 Å². The van der Waals surface area contributed by atoms with Crippen molar-refractivity contribution in [3.8, 4) is 0 Å². The van der Waals surface area contributed by atoms with Crippen LogP contribution in [0.3, 0.4) is 0 Å². The zero-order valence-electron chi connectivity index (χ0n) is 11.9. The Hall–Kier alpha value is -1.55. The van der Waals surface area contributed by atoms with Crippen molar-refractivity contribution < 1.29 is 14.3 Å². The van der Waals surface area contributed by atoms with Crippen molar-refractivity contribution in [2.24, 2.45) is 0 Å². The maximum absolute atomic E-state index is 11.9. The van der Waals surface area contributed by atoms with Crippen LogP contribution in [0.25, 0.3) is 0 Å². The van der Waals surface area contributed by atoms with E-state index in [1.165, 1.54) is 5.56 Å². The van der Waals surface area contributed by atoms with E-state index in [1.807, 2.05) is 39.0 Å². The van der Waals surface area contributed by atoms with Crippen LogP contribution in [0.4, 0.5) is 4.79 Å². The van der Waals surface area contributed by atoms with Crippen LogP contribution in [0.2, 0.25) is 0 Å². The topological polar surface area (TPSA) is 47.6 Å². The number of amides is 1. The molecule has 4 heteroatoms. The molecule has 0 aliphatic heterocycles. The molecular formula is C15H21NO3. The minimum absolute atomic E-state index is 0.0371. The minimum Gasteiger partial charge on any atom is -0.444 e. The molecule has 19 heavy (non-hydrogen) atoms. The second-order valence-electron chi connectivity index (χ2n) is 5.80. The van der Waals surface area contributed by atoms with Gasteiger partial charge in [0.1, 0.15) is 5.60 Å². The zero-order chi connectivity index (χ0) is 14.0. The van der Waals surface area contributed by atoms with Gasteiger partial charge in [-0.15, -0.1) is 0 Å². The summed E-state index contributed by atoms with van der Waals surface area (Å²) in [7, 11) is 1.67. The highest BCUT2D eigenvalue weighted by Crippen LogP contribution is 2.33. The number of nitrogens with one attached hydrogen (secondary N) is 1.